The Labute approximate surface area is 166 Å². The highest BCUT2D eigenvalue weighted by molar-refractivity contribution is 6.31. The number of nitrogens with two attached hydrogens (primary N) is 1. The zero-order chi connectivity index (χ0) is 20.5. The number of hydrogen-bond donors (Lipinski definition) is 3. The van der Waals surface area contributed by atoms with Crippen molar-refractivity contribution in [3.63, 3.8) is 0 Å². The minimum Gasteiger partial charge on any atom is -0.495 e. The summed E-state index contributed by atoms with van der Waals surface area (Å²) in [6.45, 7) is -0.555. The van der Waals surface area contributed by atoms with Crippen LogP contribution in [-0.4, -0.2) is 37.7 Å². The molecule has 0 aliphatic heterocycles. The minimum atomic E-state index is -1.02. The molecule has 28 heavy (non-hydrogen) atoms. The predicted molar refractivity (Wildman–Crippen MR) is 104 cm³/mol. The Morgan fingerprint density at radius 2 is 1.86 bits per heavy atom. The molecule has 4 N–H and O–H groups in total. The topological polar surface area (TPSA) is 120 Å². The van der Waals surface area contributed by atoms with Crippen molar-refractivity contribution in [2.45, 2.75) is 12.5 Å². The lowest BCUT2D eigenvalue weighted by atomic mass is 10.1. The third kappa shape index (κ3) is 6.48. The van der Waals surface area contributed by atoms with Gasteiger partial charge in [0.05, 0.1) is 12.8 Å². The number of nitrogens with one attached hydrogen (secondary N) is 2. The number of primary amides is 1. The molecule has 0 heterocycles. The smallest absolute Gasteiger partial charge is 0.329 e. The average molecular weight is 406 g/mol. The molecule has 0 spiro atoms. The Bertz CT molecular complexity index is 845. The quantitative estimate of drug-likeness (QED) is 0.581. The first-order chi connectivity index (χ1) is 13.4. The highest BCUT2D eigenvalue weighted by Crippen LogP contribution is 2.27. The normalized spacial score (nSPS) is 11.2. The van der Waals surface area contributed by atoms with E-state index in [1.165, 1.54) is 13.2 Å². The van der Waals surface area contributed by atoms with E-state index < -0.39 is 30.6 Å². The van der Waals surface area contributed by atoms with Gasteiger partial charge in [-0.1, -0.05) is 41.9 Å². The second-order valence-electron chi connectivity index (χ2n) is 5.75. The Balaban J connectivity index is 1.96. The Morgan fingerprint density at radius 3 is 2.50 bits per heavy atom. The monoisotopic (exact) mass is 405 g/mol. The summed E-state index contributed by atoms with van der Waals surface area (Å²) in [6, 6.07) is 11.8. The number of amides is 3. The van der Waals surface area contributed by atoms with Crippen LogP contribution in [-0.2, 0) is 20.7 Å². The first kappa shape index (κ1) is 21.0. The van der Waals surface area contributed by atoms with E-state index in [4.69, 9.17) is 26.8 Å². The van der Waals surface area contributed by atoms with Gasteiger partial charge >= 0.3 is 12.0 Å². The van der Waals surface area contributed by atoms with Gasteiger partial charge < -0.3 is 25.8 Å². The van der Waals surface area contributed by atoms with E-state index >= 15 is 0 Å². The van der Waals surface area contributed by atoms with Crippen molar-refractivity contribution in [1.29, 1.82) is 0 Å². The van der Waals surface area contributed by atoms with E-state index in [2.05, 4.69) is 10.6 Å². The SMILES string of the molecule is COc1ccc(Cl)cc1NC(=O)COC(=O)[C@H](Cc1ccccc1)NC(N)=O. The van der Waals surface area contributed by atoms with E-state index in [-0.39, 0.29) is 6.42 Å². The van der Waals surface area contributed by atoms with Gasteiger partial charge in [0.1, 0.15) is 11.8 Å². The lowest BCUT2D eigenvalue weighted by molar-refractivity contribution is -0.149. The van der Waals surface area contributed by atoms with Crippen LogP contribution >= 0.6 is 11.6 Å². The van der Waals surface area contributed by atoms with E-state index in [0.717, 1.165) is 5.56 Å². The van der Waals surface area contributed by atoms with Crippen molar-refractivity contribution < 1.29 is 23.9 Å². The number of esters is 1. The highest BCUT2D eigenvalue weighted by Gasteiger charge is 2.23. The fourth-order valence-electron chi connectivity index (χ4n) is 2.42. The van der Waals surface area contributed by atoms with Crippen molar-refractivity contribution in [3.8, 4) is 5.75 Å². The molecule has 0 saturated carbocycles. The molecule has 2 aromatic carbocycles. The summed E-state index contributed by atoms with van der Waals surface area (Å²) in [7, 11) is 1.45. The number of methoxy groups -OCH3 is 1. The molecule has 2 rings (SSSR count). The number of carbonyl (C=O) groups excluding carboxylic acids is 3. The lowest BCUT2D eigenvalue weighted by Gasteiger charge is -2.17. The van der Waals surface area contributed by atoms with Crippen LogP contribution in [0.5, 0.6) is 5.75 Å². The van der Waals surface area contributed by atoms with Crippen molar-refractivity contribution in [1.82, 2.24) is 5.32 Å². The summed E-state index contributed by atoms with van der Waals surface area (Å²) in [4.78, 5) is 35.6. The van der Waals surface area contributed by atoms with Crippen LogP contribution in [0.2, 0.25) is 5.02 Å². The number of ether oxygens (including phenoxy) is 2. The van der Waals surface area contributed by atoms with Gasteiger partial charge in [-0.05, 0) is 23.8 Å². The standard InChI is InChI=1S/C19H20ClN3O5/c1-27-16-8-7-13(20)10-14(16)22-17(24)11-28-18(25)15(23-19(21)26)9-12-5-3-2-4-6-12/h2-8,10,15H,9,11H2,1H3,(H,22,24)(H3,21,23,26)/t15-/m0/s1. The van der Waals surface area contributed by atoms with E-state index in [0.29, 0.717) is 16.5 Å². The van der Waals surface area contributed by atoms with Gasteiger partial charge in [0.15, 0.2) is 6.61 Å². The fourth-order valence-corrected chi connectivity index (χ4v) is 2.59. The first-order valence-corrected chi connectivity index (χ1v) is 8.66. The van der Waals surface area contributed by atoms with Crippen LogP contribution in [0, 0.1) is 0 Å². The van der Waals surface area contributed by atoms with Crippen LogP contribution in [0.3, 0.4) is 0 Å². The van der Waals surface area contributed by atoms with Crippen molar-refractivity contribution in [3.05, 3.63) is 59.1 Å². The van der Waals surface area contributed by atoms with Crippen molar-refractivity contribution in [2.24, 2.45) is 5.73 Å². The second-order valence-corrected chi connectivity index (χ2v) is 6.19. The molecule has 0 aliphatic rings. The maximum atomic E-state index is 12.3. The molecule has 0 fully saturated rings. The van der Waals surface area contributed by atoms with Crippen molar-refractivity contribution >= 4 is 35.2 Å². The summed E-state index contributed by atoms with van der Waals surface area (Å²) in [5.74, 6) is -0.969. The summed E-state index contributed by atoms with van der Waals surface area (Å²) in [6.07, 6.45) is 0.173. The van der Waals surface area contributed by atoms with E-state index in [9.17, 15) is 14.4 Å². The van der Waals surface area contributed by atoms with Gasteiger partial charge in [0.25, 0.3) is 5.91 Å². The molecular weight excluding hydrogens is 386 g/mol. The van der Waals surface area contributed by atoms with Crippen LogP contribution in [0.25, 0.3) is 0 Å². The van der Waals surface area contributed by atoms with Crippen molar-refractivity contribution in [2.75, 3.05) is 19.0 Å². The van der Waals surface area contributed by atoms with Crippen LogP contribution < -0.4 is 21.1 Å². The Hall–Kier alpha value is -3.26. The molecular formula is C19H20ClN3O5. The maximum absolute atomic E-state index is 12.3. The lowest BCUT2D eigenvalue weighted by Crippen LogP contribution is -2.46. The Kier molecular flexibility index (Phi) is 7.65. The molecule has 0 saturated heterocycles. The van der Waals surface area contributed by atoms with Gasteiger partial charge in [-0.3, -0.25) is 4.79 Å². The molecule has 148 valence electrons. The summed E-state index contributed by atoms with van der Waals surface area (Å²) in [5.41, 5.74) is 6.26. The molecule has 1 atom stereocenters. The predicted octanol–water partition coefficient (Wildman–Crippen LogP) is 2.11. The number of benzene rings is 2. The number of anilines is 1. The minimum absolute atomic E-state index is 0.173. The molecule has 8 nitrogen and oxygen atoms in total. The van der Waals surface area contributed by atoms with Crippen LogP contribution in [0.4, 0.5) is 10.5 Å². The first-order valence-electron chi connectivity index (χ1n) is 8.29. The average Bonchev–Trinajstić information content (AvgIpc) is 2.66. The molecule has 0 unspecified atom stereocenters. The summed E-state index contributed by atoms with van der Waals surface area (Å²) < 4.78 is 10.2. The molecule has 0 bridgehead atoms. The molecule has 0 aliphatic carbocycles. The van der Waals surface area contributed by atoms with Crippen LogP contribution in [0.15, 0.2) is 48.5 Å². The third-order valence-electron chi connectivity index (χ3n) is 3.66. The van der Waals surface area contributed by atoms with Gasteiger partial charge in [-0.15, -0.1) is 0 Å². The van der Waals surface area contributed by atoms with Gasteiger partial charge in [-0.2, -0.15) is 0 Å². The number of urea groups is 1. The summed E-state index contributed by atoms with van der Waals surface area (Å²) >= 11 is 5.91. The molecule has 2 aromatic rings. The third-order valence-corrected chi connectivity index (χ3v) is 3.90. The molecule has 0 radical (unpaired) electrons. The van der Waals surface area contributed by atoms with Gasteiger partial charge in [0, 0.05) is 11.4 Å². The molecule has 9 heteroatoms. The largest absolute Gasteiger partial charge is 0.495 e. The zero-order valence-electron chi connectivity index (χ0n) is 15.1. The number of rotatable bonds is 8. The zero-order valence-corrected chi connectivity index (χ0v) is 15.9. The molecule has 3 amide bonds. The second kappa shape index (κ2) is 10.2. The van der Waals surface area contributed by atoms with Gasteiger partial charge in [0.2, 0.25) is 0 Å². The van der Waals surface area contributed by atoms with E-state index in [1.54, 1.807) is 36.4 Å². The highest BCUT2D eigenvalue weighted by atomic mass is 35.5. The molecule has 0 aromatic heterocycles. The fraction of sp³-hybridized carbons (Fsp3) is 0.211. The Morgan fingerprint density at radius 1 is 1.14 bits per heavy atom. The van der Waals surface area contributed by atoms with Gasteiger partial charge in [-0.25, -0.2) is 9.59 Å². The number of carbonyl (C=O) groups is 3. The number of halogens is 1. The maximum Gasteiger partial charge on any atom is 0.329 e. The van der Waals surface area contributed by atoms with Crippen LogP contribution in [0.1, 0.15) is 5.56 Å². The number of hydrogen-bond acceptors (Lipinski definition) is 5. The summed E-state index contributed by atoms with van der Waals surface area (Å²) in [5, 5.41) is 5.28. The van der Waals surface area contributed by atoms with E-state index in [1.807, 2.05) is 6.07 Å².